The van der Waals surface area contributed by atoms with Crippen LogP contribution in [0.15, 0.2) is 28.8 Å². The maximum Gasteiger partial charge on any atom is 0.226 e. The monoisotopic (exact) mass is 338 g/mol. The predicted molar refractivity (Wildman–Crippen MR) is 94.0 cm³/mol. The number of aromatic nitrogens is 3. The summed E-state index contributed by atoms with van der Waals surface area (Å²) in [5.74, 6) is 1.55. The van der Waals surface area contributed by atoms with Gasteiger partial charge in [0.05, 0.1) is 0 Å². The highest BCUT2D eigenvalue weighted by molar-refractivity contribution is 5.86. The molecule has 1 aromatic carbocycles. The number of nitrogens with zero attached hydrogens (tertiary/aromatic N) is 3. The van der Waals surface area contributed by atoms with E-state index in [1.807, 2.05) is 24.0 Å². The number of aromatic amines is 1. The standard InChI is InChI=1S/C19H22N4O2/c1-2-17-21-18(25-22-17)8-5-9-19(24)23-11-10-16-14(12-23)13-6-3-4-7-15(13)20-16/h3-4,6-7,20H,2,5,8-12H2,1H3. The predicted octanol–water partition coefficient (Wildman–Crippen LogP) is 3.02. The lowest BCUT2D eigenvalue weighted by molar-refractivity contribution is -0.132. The van der Waals surface area contributed by atoms with Crippen molar-refractivity contribution in [3.05, 3.63) is 47.2 Å². The van der Waals surface area contributed by atoms with Gasteiger partial charge in [0.1, 0.15) is 0 Å². The van der Waals surface area contributed by atoms with E-state index in [-0.39, 0.29) is 5.91 Å². The second-order valence-corrected chi connectivity index (χ2v) is 6.50. The number of para-hydroxylation sites is 1. The molecule has 6 nitrogen and oxygen atoms in total. The van der Waals surface area contributed by atoms with Crippen molar-refractivity contribution in [1.82, 2.24) is 20.0 Å². The first-order valence-corrected chi connectivity index (χ1v) is 8.92. The van der Waals surface area contributed by atoms with Gasteiger partial charge in [-0.25, -0.2) is 0 Å². The molecule has 1 aliphatic heterocycles. The molecule has 0 unspecified atom stereocenters. The van der Waals surface area contributed by atoms with Crippen molar-refractivity contribution >= 4 is 16.8 Å². The molecule has 0 aliphatic carbocycles. The summed E-state index contributed by atoms with van der Waals surface area (Å²) in [6.45, 7) is 3.46. The average molecular weight is 338 g/mol. The molecule has 0 fully saturated rings. The van der Waals surface area contributed by atoms with Crippen LogP contribution in [0.5, 0.6) is 0 Å². The number of benzene rings is 1. The van der Waals surface area contributed by atoms with Gasteiger partial charge in [-0.1, -0.05) is 30.3 Å². The van der Waals surface area contributed by atoms with Crippen molar-refractivity contribution in [3.8, 4) is 0 Å². The van der Waals surface area contributed by atoms with Gasteiger partial charge in [0, 0.05) is 60.9 Å². The smallest absolute Gasteiger partial charge is 0.226 e. The lowest BCUT2D eigenvalue weighted by Crippen LogP contribution is -2.35. The molecule has 0 bridgehead atoms. The fourth-order valence-corrected chi connectivity index (χ4v) is 3.46. The molecular formula is C19H22N4O2. The van der Waals surface area contributed by atoms with E-state index in [0.29, 0.717) is 25.3 Å². The average Bonchev–Trinajstić information content (AvgIpc) is 3.25. The van der Waals surface area contributed by atoms with Gasteiger partial charge in [-0.3, -0.25) is 4.79 Å². The van der Waals surface area contributed by atoms with Crippen LogP contribution in [0.1, 0.15) is 42.7 Å². The summed E-state index contributed by atoms with van der Waals surface area (Å²) < 4.78 is 5.18. The van der Waals surface area contributed by atoms with Crippen molar-refractivity contribution < 1.29 is 9.32 Å². The molecule has 1 amide bonds. The van der Waals surface area contributed by atoms with Gasteiger partial charge in [-0.2, -0.15) is 4.98 Å². The Kier molecular flexibility index (Phi) is 4.26. The second-order valence-electron chi connectivity index (χ2n) is 6.50. The van der Waals surface area contributed by atoms with Crippen molar-refractivity contribution in [3.63, 3.8) is 0 Å². The minimum absolute atomic E-state index is 0.200. The van der Waals surface area contributed by atoms with Gasteiger partial charge < -0.3 is 14.4 Å². The van der Waals surface area contributed by atoms with Crippen LogP contribution in [0, 0.1) is 0 Å². The lowest BCUT2D eigenvalue weighted by atomic mass is 10.0. The number of carbonyl (C=O) groups is 1. The van der Waals surface area contributed by atoms with Gasteiger partial charge in [0.15, 0.2) is 5.82 Å². The minimum Gasteiger partial charge on any atom is -0.358 e. The van der Waals surface area contributed by atoms with E-state index in [9.17, 15) is 4.79 Å². The summed E-state index contributed by atoms with van der Waals surface area (Å²) >= 11 is 0. The second kappa shape index (κ2) is 6.70. The Hall–Kier alpha value is -2.63. The topological polar surface area (TPSA) is 75.0 Å². The van der Waals surface area contributed by atoms with Gasteiger partial charge in [-0.05, 0) is 12.5 Å². The SMILES string of the molecule is CCc1noc(CCCC(=O)N2CCc3[nH]c4ccccc4c3C2)n1. The Bertz CT molecular complexity index is 896. The summed E-state index contributed by atoms with van der Waals surface area (Å²) in [4.78, 5) is 22.3. The normalized spacial score (nSPS) is 14.0. The maximum absolute atomic E-state index is 12.6. The fraction of sp³-hybridized carbons (Fsp3) is 0.421. The molecule has 3 aromatic rings. The molecule has 0 saturated heterocycles. The van der Waals surface area contributed by atoms with E-state index in [2.05, 4.69) is 27.3 Å². The Morgan fingerprint density at radius 1 is 1.36 bits per heavy atom. The van der Waals surface area contributed by atoms with Crippen LogP contribution < -0.4 is 0 Å². The molecule has 1 aliphatic rings. The van der Waals surface area contributed by atoms with Crippen LogP contribution in [-0.4, -0.2) is 32.5 Å². The number of hydrogen-bond acceptors (Lipinski definition) is 4. The van der Waals surface area contributed by atoms with Crippen molar-refractivity contribution in [2.75, 3.05) is 6.54 Å². The lowest BCUT2D eigenvalue weighted by Gasteiger charge is -2.27. The first-order valence-electron chi connectivity index (χ1n) is 8.92. The van der Waals surface area contributed by atoms with E-state index in [0.717, 1.165) is 37.1 Å². The molecule has 0 saturated carbocycles. The molecule has 0 spiro atoms. The first-order chi connectivity index (χ1) is 12.2. The summed E-state index contributed by atoms with van der Waals surface area (Å²) in [6.07, 6.45) is 3.57. The van der Waals surface area contributed by atoms with E-state index in [1.54, 1.807) is 0 Å². The molecule has 3 heterocycles. The zero-order chi connectivity index (χ0) is 17.2. The number of carbonyl (C=O) groups excluding carboxylic acids is 1. The summed E-state index contributed by atoms with van der Waals surface area (Å²) in [5.41, 5.74) is 3.69. The third-order valence-corrected chi connectivity index (χ3v) is 4.84. The zero-order valence-corrected chi connectivity index (χ0v) is 14.4. The van der Waals surface area contributed by atoms with Crippen molar-refractivity contribution in [2.45, 2.75) is 45.6 Å². The number of aryl methyl sites for hydroxylation is 2. The van der Waals surface area contributed by atoms with Crippen LogP contribution >= 0.6 is 0 Å². The van der Waals surface area contributed by atoms with Gasteiger partial charge in [0.25, 0.3) is 0 Å². The molecule has 25 heavy (non-hydrogen) atoms. The summed E-state index contributed by atoms with van der Waals surface area (Å²) in [5, 5.41) is 5.12. The van der Waals surface area contributed by atoms with Crippen LogP contribution in [0.2, 0.25) is 0 Å². The Balaban J connectivity index is 1.37. The molecule has 0 radical (unpaired) electrons. The largest absolute Gasteiger partial charge is 0.358 e. The molecule has 2 aromatic heterocycles. The van der Waals surface area contributed by atoms with Crippen LogP contribution in [0.4, 0.5) is 0 Å². The van der Waals surface area contributed by atoms with E-state index in [1.165, 1.54) is 16.6 Å². The minimum atomic E-state index is 0.200. The Morgan fingerprint density at radius 2 is 2.24 bits per heavy atom. The Labute approximate surface area is 146 Å². The van der Waals surface area contributed by atoms with Crippen LogP contribution in [-0.2, 0) is 30.6 Å². The molecule has 1 N–H and O–H groups in total. The molecule has 130 valence electrons. The number of H-pyrrole nitrogens is 1. The number of amides is 1. The molecule has 4 rings (SSSR count). The number of nitrogens with one attached hydrogen (secondary N) is 1. The first kappa shape index (κ1) is 15.9. The van der Waals surface area contributed by atoms with E-state index in [4.69, 9.17) is 4.52 Å². The maximum atomic E-state index is 12.6. The molecule has 6 heteroatoms. The number of hydrogen-bond donors (Lipinski definition) is 1. The summed E-state index contributed by atoms with van der Waals surface area (Å²) in [6, 6.07) is 8.30. The highest BCUT2D eigenvalue weighted by Gasteiger charge is 2.23. The third-order valence-electron chi connectivity index (χ3n) is 4.84. The van der Waals surface area contributed by atoms with Crippen molar-refractivity contribution in [1.29, 1.82) is 0 Å². The van der Waals surface area contributed by atoms with Crippen molar-refractivity contribution in [2.24, 2.45) is 0 Å². The van der Waals surface area contributed by atoms with E-state index >= 15 is 0 Å². The Morgan fingerprint density at radius 3 is 3.08 bits per heavy atom. The quantitative estimate of drug-likeness (QED) is 0.776. The third kappa shape index (κ3) is 3.16. The van der Waals surface area contributed by atoms with Crippen LogP contribution in [0.25, 0.3) is 10.9 Å². The highest BCUT2D eigenvalue weighted by atomic mass is 16.5. The number of rotatable bonds is 5. The molecule has 0 atom stereocenters. The fourth-order valence-electron chi connectivity index (χ4n) is 3.46. The van der Waals surface area contributed by atoms with Gasteiger partial charge in [-0.15, -0.1) is 0 Å². The van der Waals surface area contributed by atoms with Gasteiger partial charge in [0.2, 0.25) is 11.8 Å². The summed E-state index contributed by atoms with van der Waals surface area (Å²) in [7, 11) is 0. The highest BCUT2D eigenvalue weighted by Crippen LogP contribution is 2.27. The molecular weight excluding hydrogens is 316 g/mol. The van der Waals surface area contributed by atoms with Gasteiger partial charge >= 0.3 is 0 Å². The van der Waals surface area contributed by atoms with E-state index < -0.39 is 0 Å². The number of fused-ring (bicyclic) bond motifs is 3. The van der Waals surface area contributed by atoms with Crippen LogP contribution in [0.3, 0.4) is 0 Å². The zero-order valence-electron chi connectivity index (χ0n) is 14.4.